The van der Waals surface area contributed by atoms with Crippen LogP contribution in [0.25, 0.3) is 0 Å². The number of halogens is 9. The smallest absolute Gasteiger partial charge is 0.388 e. The van der Waals surface area contributed by atoms with Crippen molar-refractivity contribution < 1.29 is 64.4 Å². The number of hydrogen-bond acceptors (Lipinski definition) is 6. The van der Waals surface area contributed by atoms with Gasteiger partial charge in [-0.3, -0.25) is 4.79 Å². The minimum absolute atomic E-state index is 0.0104. The molecule has 8 nitrogen and oxygen atoms in total. The highest BCUT2D eigenvalue weighted by molar-refractivity contribution is 7.80. The van der Waals surface area contributed by atoms with Crippen LogP contribution in [0, 0.1) is 0 Å². The SMILES string of the molecule is O=C(CCC(F)(F)C(F)(F)C(F)(F)C(F)(F)F)NCCCCCCCCCNC(=S)N1[C@@H]2CO[C@H]1[C@H](O)[C@@H](O)[C@@H]2O. The quantitative estimate of drug-likeness (QED) is 0.106. The van der Waals surface area contributed by atoms with Crippen molar-refractivity contribution in [1.29, 1.82) is 0 Å². The Hall–Kier alpha value is -1.63. The largest absolute Gasteiger partial charge is 0.460 e. The third-order valence-corrected chi connectivity index (χ3v) is 7.37. The van der Waals surface area contributed by atoms with Crippen molar-refractivity contribution in [2.75, 3.05) is 19.7 Å². The molecule has 18 heteroatoms. The highest BCUT2D eigenvalue weighted by Crippen LogP contribution is 2.54. The molecule has 2 saturated heterocycles. The second kappa shape index (κ2) is 14.2. The number of unbranched alkanes of at least 4 members (excludes halogenated alkanes) is 6. The summed E-state index contributed by atoms with van der Waals surface area (Å²) in [5.41, 5.74) is 0. The van der Waals surface area contributed by atoms with Crippen molar-refractivity contribution >= 4 is 23.2 Å². The van der Waals surface area contributed by atoms with E-state index in [1.54, 1.807) is 4.90 Å². The molecule has 0 radical (unpaired) electrons. The summed E-state index contributed by atoms with van der Waals surface area (Å²) in [5.74, 6) is -20.6. The predicted molar refractivity (Wildman–Crippen MR) is 129 cm³/mol. The summed E-state index contributed by atoms with van der Waals surface area (Å²) in [4.78, 5) is 13.1. The molecule has 1 amide bonds. The minimum atomic E-state index is -6.97. The van der Waals surface area contributed by atoms with Crippen LogP contribution in [0.5, 0.6) is 0 Å². The molecule has 5 N–H and O–H groups in total. The van der Waals surface area contributed by atoms with Gasteiger partial charge < -0.3 is 35.6 Å². The van der Waals surface area contributed by atoms with Gasteiger partial charge in [-0.25, -0.2) is 0 Å². The van der Waals surface area contributed by atoms with E-state index >= 15 is 0 Å². The van der Waals surface area contributed by atoms with Crippen LogP contribution in [-0.2, 0) is 9.53 Å². The number of alkyl halides is 9. The van der Waals surface area contributed by atoms with Gasteiger partial charge in [-0.1, -0.05) is 32.1 Å². The number of carbonyl (C=O) groups is 1. The van der Waals surface area contributed by atoms with Crippen LogP contribution >= 0.6 is 12.2 Å². The second-order valence-electron chi connectivity index (χ2n) is 10.1. The van der Waals surface area contributed by atoms with Crippen LogP contribution in [0.1, 0.15) is 57.8 Å². The van der Waals surface area contributed by atoms with Gasteiger partial charge in [0, 0.05) is 25.9 Å². The lowest BCUT2D eigenvalue weighted by molar-refractivity contribution is -0.396. The highest BCUT2D eigenvalue weighted by atomic mass is 32.1. The van der Waals surface area contributed by atoms with Crippen LogP contribution in [-0.4, -0.2) is 105 Å². The van der Waals surface area contributed by atoms with Crippen molar-refractivity contribution in [3.8, 4) is 0 Å². The monoisotopic (exact) mass is 635 g/mol. The van der Waals surface area contributed by atoms with Crippen molar-refractivity contribution in [3.05, 3.63) is 0 Å². The number of hydrogen-bond donors (Lipinski definition) is 5. The lowest BCUT2D eigenvalue weighted by Gasteiger charge is -2.42. The van der Waals surface area contributed by atoms with Crippen LogP contribution < -0.4 is 10.6 Å². The number of nitrogens with zero attached hydrogens (tertiary/aromatic N) is 1. The van der Waals surface area contributed by atoms with E-state index in [0.29, 0.717) is 24.5 Å². The summed E-state index contributed by atoms with van der Waals surface area (Å²) >= 11 is 5.33. The Kier molecular flexibility index (Phi) is 12.3. The van der Waals surface area contributed by atoms with Gasteiger partial charge in [0.05, 0.1) is 12.6 Å². The number of piperidine rings is 1. The topological polar surface area (TPSA) is 114 Å². The van der Waals surface area contributed by atoms with Crippen LogP contribution in [0.4, 0.5) is 39.5 Å². The Morgan fingerprint density at radius 3 is 1.83 bits per heavy atom. The van der Waals surface area contributed by atoms with E-state index in [4.69, 9.17) is 17.0 Å². The van der Waals surface area contributed by atoms with Crippen molar-refractivity contribution in [1.82, 2.24) is 15.5 Å². The average Bonchev–Trinajstić information content (AvgIpc) is 3.29. The Labute approximate surface area is 235 Å². The van der Waals surface area contributed by atoms with Crippen molar-refractivity contribution in [2.45, 2.75) is 112 Å². The molecule has 2 heterocycles. The number of aliphatic hydroxyl groups is 3. The summed E-state index contributed by atoms with van der Waals surface area (Å²) in [5, 5.41) is 35.5. The van der Waals surface area contributed by atoms with Crippen LogP contribution in [0.15, 0.2) is 0 Å². The first-order valence-electron chi connectivity index (χ1n) is 13.1. The molecule has 2 fully saturated rings. The Morgan fingerprint density at radius 2 is 1.29 bits per heavy atom. The first-order chi connectivity index (χ1) is 18.9. The maximum Gasteiger partial charge on any atom is 0.460 e. The number of thiocarbonyl (C=S) groups is 1. The lowest BCUT2D eigenvalue weighted by Crippen LogP contribution is -2.65. The Bertz CT molecular complexity index is 866. The van der Waals surface area contributed by atoms with Gasteiger partial charge in [-0.2, -0.15) is 39.5 Å². The van der Waals surface area contributed by atoms with E-state index in [0.717, 1.165) is 32.1 Å². The zero-order chi connectivity index (χ0) is 31.2. The number of amides is 1. The summed E-state index contributed by atoms with van der Waals surface area (Å²) in [7, 11) is 0. The molecule has 0 aromatic rings. The van der Waals surface area contributed by atoms with Gasteiger partial charge >= 0.3 is 23.9 Å². The molecule has 2 bridgehead atoms. The average molecular weight is 636 g/mol. The van der Waals surface area contributed by atoms with E-state index in [9.17, 15) is 59.6 Å². The number of aliphatic hydroxyl groups excluding tert-OH is 3. The van der Waals surface area contributed by atoms with Crippen molar-refractivity contribution in [2.24, 2.45) is 0 Å². The van der Waals surface area contributed by atoms with E-state index in [1.165, 1.54) is 0 Å². The van der Waals surface area contributed by atoms with Gasteiger partial charge in [0.1, 0.15) is 18.3 Å². The first kappa shape index (κ1) is 35.6. The second-order valence-corrected chi connectivity index (χ2v) is 10.5. The number of carbonyl (C=O) groups excluding carboxylic acids is 1. The van der Waals surface area contributed by atoms with Gasteiger partial charge in [-0.15, -0.1) is 0 Å². The fourth-order valence-corrected chi connectivity index (χ4v) is 4.85. The molecule has 0 spiro atoms. The lowest BCUT2D eigenvalue weighted by atomic mass is 9.95. The number of rotatable bonds is 15. The fourth-order valence-electron chi connectivity index (χ4n) is 4.51. The summed E-state index contributed by atoms with van der Waals surface area (Å²) in [6, 6.07) is -0.565. The van der Waals surface area contributed by atoms with E-state index in [-0.39, 0.29) is 13.2 Å². The zero-order valence-electron chi connectivity index (χ0n) is 21.8. The van der Waals surface area contributed by atoms with Gasteiger partial charge in [0.2, 0.25) is 5.91 Å². The summed E-state index contributed by atoms with van der Waals surface area (Å²) in [6.45, 7) is 0.630. The third-order valence-electron chi connectivity index (χ3n) is 7.02. The highest BCUT2D eigenvalue weighted by Gasteiger charge is 2.81. The van der Waals surface area contributed by atoms with Gasteiger partial charge in [0.15, 0.2) is 11.3 Å². The maximum atomic E-state index is 13.5. The summed E-state index contributed by atoms with van der Waals surface area (Å²) < 4.78 is 121. The number of fused-ring (bicyclic) bond motifs is 2. The molecule has 41 heavy (non-hydrogen) atoms. The van der Waals surface area contributed by atoms with E-state index < -0.39 is 73.3 Å². The molecular formula is C23H34F9N3O5S. The van der Waals surface area contributed by atoms with Crippen LogP contribution in [0.3, 0.4) is 0 Å². The molecule has 0 saturated carbocycles. The molecule has 2 aliphatic rings. The van der Waals surface area contributed by atoms with Crippen LogP contribution in [0.2, 0.25) is 0 Å². The van der Waals surface area contributed by atoms with E-state index in [2.05, 4.69) is 10.6 Å². The molecular weight excluding hydrogens is 601 g/mol. The van der Waals surface area contributed by atoms with Crippen molar-refractivity contribution in [3.63, 3.8) is 0 Å². The predicted octanol–water partition coefficient (Wildman–Crippen LogP) is 3.08. The van der Waals surface area contributed by atoms with E-state index in [1.807, 2.05) is 0 Å². The number of nitrogens with one attached hydrogen (secondary N) is 2. The normalized spacial score (nSPS) is 25.4. The standard InChI is InChI=1S/C23H34F9N3O5S/c24-20(25,21(26,27)22(28,29)23(30,31)32)9-8-14(36)33-10-6-4-2-1-3-5-7-11-34-19(41)35-13-12-40-18(35)17(39)16(38)15(13)37/h13,15-18,37-39H,1-12H2,(H,33,36)(H,34,41)/t13-,15-,16+,17-,18+/m1/s1. The third kappa shape index (κ3) is 8.26. The molecule has 0 unspecified atom stereocenters. The molecule has 240 valence electrons. The maximum absolute atomic E-state index is 13.5. The minimum Gasteiger partial charge on any atom is -0.388 e. The molecule has 2 aliphatic heterocycles. The first-order valence-corrected chi connectivity index (χ1v) is 13.5. The molecule has 2 rings (SSSR count). The molecule has 0 aliphatic carbocycles. The molecule has 0 aromatic carbocycles. The summed E-state index contributed by atoms with van der Waals surface area (Å²) in [6.07, 6.45) is -10.0. The number of ether oxygens (including phenoxy) is 1. The zero-order valence-corrected chi connectivity index (χ0v) is 22.6. The van der Waals surface area contributed by atoms with Gasteiger partial charge in [0.25, 0.3) is 0 Å². The molecule has 5 atom stereocenters. The fraction of sp³-hybridized carbons (Fsp3) is 0.913. The Balaban J connectivity index is 1.52. The van der Waals surface area contributed by atoms with Gasteiger partial charge in [-0.05, 0) is 25.1 Å². The Morgan fingerprint density at radius 1 is 0.780 bits per heavy atom. The molecule has 0 aromatic heterocycles.